The number of methoxy groups -OCH3 is 1. The van der Waals surface area contributed by atoms with E-state index in [4.69, 9.17) is 4.74 Å². The highest BCUT2D eigenvalue weighted by atomic mass is 19.2. The van der Waals surface area contributed by atoms with Crippen LogP contribution in [0.15, 0.2) is 36.4 Å². The van der Waals surface area contributed by atoms with Crippen molar-refractivity contribution in [3.63, 3.8) is 0 Å². The Hall–Kier alpha value is -2.54. The van der Waals surface area contributed by atoms with Crippen LogP contribution in [0.2, 0.25) is 0 Å². The Balaban J connectivity index is 1.81. The summed E-state index contributed by atoms with van der Waals surface area (Å²) in [6, 6.07) is 9.23. The highest BCUT2D eigenvalue weighted by Gasteiger charge is 2.14. The SMILES string of the molecule is COc1ccccc1CCNCC(=O)Nc1ccc(F)c(F)c1F. The monoisotopic (exact) mass is 338 g/mol. The number of amides is 1. The third kappa shape index (κ3) is 4.48. The molecular formula is C17H17F3N2O2. The molecule has 2 aromatic rings. The van der Waals surface area contributed by atoms with E-state index in [9.17, 15) is 18.0 Å². The number of ether oxygens (including phenoxy) is 1. The molecule has 0 atom stereocenters. The summed E-state index contributed by atoms with van der Waals surface area (Å²) in [6.07, 6.45) is 0.636. The van der Waals surface area contributed by atoms with E-state index in [-0.39, 0.29) is 6.54 Å². The number of hydrogen-bond donors (Lipinski definition) is 2. The molecule has 0 aromatic heterocycles. The largest absolute Gasteiger partial charge is 0.496 e. The van der Waals surface area contributed by atoms with E-state index in [1.165, 1.54) is 0 Å². The number of carbonyl (C=O) groups is 1. The second-order valence-electron chi connectivity index (χ2n) is 5.01. The van der Waals surface area contributed by atoms with Gasteiger partial charge in [-0.15, -0.1) is 0 Å². The van der Waals surface area contributed by atoms with Gasteiger partial charge >= 0.3 is 0 Å². The predicted molar refractivity (Wildman–Crippen MR) is 84.5 cm³/mol. The molecule has 2 N–H and O–H groups in total. The van der Waals surface area contributed by atoms with Gasteiger partial charge in [-0.3, -0.25) is 4.79 Å². The van der Waals surface area contributed by atoms with Gasteiger partial charge in [0.25, 0.3) is 0 Å². The van der Waals surface area contributed by atoms with E-state index < -0.39 is 29.0 Å². The number of halogens is 3. The van der Waals surface area contributed by atoms with Crippen LogP contribution in [-0.2, 0) is 11.2 Å². The zero-order valence-electron chi connectivity index (χ0n) is 13.0. The van der Waals surface area contributed by atoms with Gasteiger partial charge < -0.3 is 15.4 Å². The van der Waals surface area contributed by atoms with Gasteiger partial charge in [0.15, 0.2) is 17.5 Å². The van der Waals surface area contributed by atoms with Crippen LogP contribution in [-0.4, -0.2) is 26.1 Å². The quantitative estimate of drug-likeness (QED) is 0.603. The van der Waals surface area contributed by atoms with Crippen LogP contribution in [0.1, 0.15) is 5.56 Å². The van der Waals surface area contributed by atoms with Gasteiger partial charge in [0, 0.05) is 0 Å². The average Bonchev–Trinajstić information content (AvgIpc) is 2.59. The van der Waals surface area contributed by atoms with Crippen LogP contribution in [0.3, 0.4) is 0 Å². The summed E-state index contributed by atoms with van der Waals surface area (Å²) < 4.78 is 44.6. The molecule has 0 aliphatic carbocycles. The Morgan fingerprint density at radius 1 is 1.08 bits per heavy atom. The summed E-state index contributed by atoms with van der Waals surface area (Å²) in [5.74, 6) is -4.14. The topological polar surface area (TPSA) is 50.4 Å². The Morgan fingerprint density at radius 2 is 1.83 bits per heavy atom. The molecule has 0 aliphatic rings. The lowest BCUT2D eigenvalue weighted by atomic mass is 10.1. The number of rotatable bonds is 7. The first kappa shape index (κ1) is 17.8. The van der Waals surface area contributed by atoms with Crippen molar-refractivity contribution in [2.45, 2.75) is 6.42 Å². The van der Waals surface area contributed by atoms with E-state index in [1.807, 2.05) is 24.3 Å². The summed E-state index contributed by atoms with van der Waals surface area (Å²) in [5, 5.41) is 5.08. The number of hydrogen-bond acceptors (Lipinski definition) is 3. The molecule has 1 amide bonds. The molecule has 7 heteroatoms. The van der Waals surface area contributed by atoms with Gasteiger partial charge in [0.2, 0.25) is 5.91 Å². The van der Waals surface area contributed by atoms with Crippen LogP contribution in [0, 0.1) is 17.5 Å². The van der Waals surface area contributed by atoms with Crippen LogP contribution in [0.4, 0.5) is 18.9 Å². The molecule has 0 saturated carbocycles. The molecule has 0 bridgehead atoms. The molecule has 0 heterocycles. The van der Waals surface area contributed by atoms with Crippen LogP contribution in [0.25, 0.3) is 0 Å². The highest BCUT2D eigenvalue weighted by molar-refractivity contribution is 5.92. The number of benzene rings is 2. The molecule has 128 valence electrons. The Labute approximate surface area is 137 Å². The van der Waals surface area contributed by atoms with Gasteiger partial charge in [-0.25, -0.2) is 13.2 Å². The van der Waals surface area contributed by atoms with Crippen molar-refractivity contribution < 1.29 is 22.7 Å². The Bertz CT molecular complexity index is 723. The highest BCUT2D eigenvalue weighted by Crippen LogP contribution is 2.19. The molecule has 0 fully saturated rings. The zero-order chi connectivity index (χ0) is 17.5. The van der Waals surface area contributed by atoms with E-state index in [2.05, 4.69) is 10.6 Å². The first-order valence-corrected chi connectivity index (χ1v) is 7.29. The average molecular weight is 338 g/mol. The lowest BCUT2D eigenvalue weighted by molar-refractivity contribution is -0.115. The van der Waals surface area contributed by atoms with Gasteiger partial charge in [0.1, 0.15) is 5.75 Å². The third-order valence-electron chi connectivity index (χ3n) is 3.36. The van der Waals surface area contributed by atoms with Crippen LogP contribution in [0.5, 0.6) is 5.75 Å². The van der Waals surface area contributed by atoms with Crippen molar-refractivity contribution >= 4 is 11.6 Å². The molecule has 24 heavy (non-hydrogen) atoms. The predicted octanol–water partition coefficient (Wildman–Crippen LogP) is 2.88. The molecule has 2 aromatic carbocycles. The Kier molecular flexibility index (Phi) is 6.20. The number of para-hydroxylation sites is 1. The summed E-state index contributed by atoms with van der Waals surface area (Å²) >= 11 is 0. The first-order valence-electron chi connectivity index (χ1n) is 7.29. The van der Waals surface area contributed by atoms with Crippen LogP contribution >= 0.6 is 0 Å². The molecule has 0 spiro atoms. The maximum atomic E-state index is 13.5. The standard InChI is InChI=1S/C17H17F3N2O2/c1-24-14-5-3-2-4-11(14)8-9-21-10-15(23)22-13-7-6-12(18)16(19)17(13)20/h2-7,21H,8-10H2,1H3,(H,22,23). The van der Waals surface area contributed by atoms with E-state index in [1.54, 1.807) is 7.11 Å². The minimum absolute atomic E-state index is 0.0897. The summed E-state index contributed by atoms with van der Waals surface area (Å²) in [7, 11) is 1.58. The van der Waals surface area contributed by atoms with Crippen LogP contribution < -0.4 is 15.4 Å². The number of nitrogens with one attached hydrogen (secondary N) is 2. The maximum absolute atomic E-state index is 13.5. The van der Waals surface area contributed by atoms with Gasteiger partial charge in [0.05, 0.1) is 19.3 Å². The fraction of sp³-hybridized carbons (Fsp3) is 0.235. The van der Waals surface area contributed by atoms with E-state index in [0.29, 0.717) is 13.0 Å². The Morgan fingerprint density at radius 3 is 2.58 bits per heavy atom. The van der Waals surface area contributed by atoms with Crippen molar-refractivity contribution in [2.75, 3.05) is 25.5 Å². The summed E-state index contributed by atoms with van der Waals surface area (Å²) in [4.78, 5) is 11.7. The fourth-order valence-electron chi connectivity index (χ4n) is 2.15. The molecular weight excluding hydrogens is 321 g/mol. The van der Waals surface area contributed by atoms with Gasteiger partial charge in [-0.05, 0) is 36.7 Å². The molecule has 4 nitrogen and oxygen atoms in total. The summed E-state index contributed by atoms with van der Waals surface area (Å²) in [6.45, 7) is 0.404. The lowest BCUT2D eigenvalue weighted by Crippen LogP contribution is -2.30. The zero-order valence-corrected chi connectivity index (χ0v) is 13.0. The smallest absolute Gasteiger partial charge is 0.238 e. The van der Waals surface area contributed by atoms with Crippen molar-refractivity contribution in [3.8, 4) is 5.75 Å². The van der Waals surface area contributed by atoms with Crippen molar-refractivity contribution in [2.24, 2.45) is 0 Å². The first-order chi connectivity index (χ1) is 11.5. The molecule has 0 saturated heterocycles. The minimum atomic E-state index is -1.61. The molecule has 0 radical (unpaired) electrons. The number of carbonyl (C=O) groups excluding carboxylic acids is 1. The lowest BCUT2D eigenvalue weighted by Gasteiger charge is -2.10. The normalized spacial score (nSPS) is 10.5. The minimum Gasteiger partial charge on any atom is -0.496 e. The maximum Gasteiger partial charge on any atom is 0.238 e. The summed E-state index contributed by atoms with van der Waals surface area (Å²) in [5.41, 5.74) is 0.588. The molecule has 0 aliphatic heterocycles. The van der Waals surface area contributed by atoms with Crippen molar-refractivity contribution in [1.29, 1.82) is 0 Å². The third-order valence-corrected chi connectivity index (χ3v) is 3.36. The molecule has 2 rings (SSSR count). The number of anilines is 1. The second kappa shape index (κ2) is 8.35. The molecule has 0 unspecified atom stereocenters. The van der Waals surface area contributed by atoms with E-state index in [0.717, 1.165) is 23.4 Å². The van der Waals surface area contributed by atoms with Crippen molar-refractivity contribution in [1.82, 2.24) is 5.32 Å². The van der Waals surface area contributed by atoms with Gasteiger partial charge in [-0.1, -0.05) is 18.2 Å². The second-order valence-corrected chi connectivity index (χ2v) is 5.01. The van der Waals surface area contributed by atoms with Gasteiger partial charge in [-0.2, -0.15) is 0 Å². The van der Waals surface area contributed by atoms with Crippen molar-refractivity contribution in [3.05, 3.63) is 59.4 Å². The van der Waals surface area contributed by atoms with E-state index >= 15 is 0 Å². The fourth-order valence-corrected chi connectivity index (χ4v) is 2.15.